The van der Waals surface area contributed by atoms with E-state index in [0.717, 1.165) is 49.4 Å². The van der Waals surface area contributed by atoms with Crippen LogP contribution in [0.4, 0.5) is 46.9 Å². The minimum absolute atomic E-state index is 0.294. The number of halogens is 7. The van der Waals surface area contributed by atoms with Crippen LogP contribution in [0.1, 0.15) is 20.8 Å². The number of nitrogens with zero attached hydrogens (tertiary/aromatic N) is 1. The Hall–Kier alpha value is -3.76. The Morgan fingerprint density at radius 1 is 1.05 bits per heavy atom. The molecule has 0 unspecified atom stereocenters. The zero-order valence-corrected chi connectivity index (χ0v) is 21.7. The Labute approximate surface area is 223 Å². The standard InChI is InChI=1S/C23H22F7N3O6S/c1-12(34)31-19(22(25,26)27)18-11-33(40(36,37)15-7-4-13(24)5-8-15)16-10-14(6-9-17(16)38-18)32-20(35)39-21(2,3)23(28,29)30/h4-10,18-19H,11H2,1-3H3,(H,31,34)(H,32,35)/t18-,19+/m0/s1. The van der Waals surface area contributed by atoms with E-state index in [1.54, 1.807) is 5.32 Å². The fraction of sp³-hybridized carbons (Fsp3) is 0.391. The summed E-state index contributed by atoms with van der Waals surface area (Å²) in [4.78, 5) is 23.1. The first-order valence-corrected chi connectivity index (χ1v) is 12.7. The Balaban J connectivity index is 2.05. The molecule has 0 aliphatic carbocycles. The van der Waals surface area contributed by atoms with Gasteiger partial charge >= 0.3 is 18.4 Å². The van der Waals surface area contributed by atoms with E-state index in [4.69, 9.17) is 4.74 Å². The molecule has 1 aliphatic heterocycles. The molecule has 2 aromatic rings. The number of ether oxygens (including phenoxy) is 2. The maximum Gasteiger partial charge on any atom is 0.427 e. The number of carbonyl (C=O) groups is 2. The second-order valence-corrected chi connectivity index (χ2v) is 10.9. The molecule has 0 saturated heterocycles. The highest BCUT2D eigenvalue weighted by Crippen LogP contribution is 2.41. The van der Waals surface area contributed by atoms with Gasteiger partial charge in [0.25, 0.3) is 10.0 Å². The lowest BCUT2D eigenvalue weighted by Crippen LogP contribution is -2.59. The number of hydrogen-bond acceptors (Lipinski definition) is 6. The van der Waals surface area contributed by atoms with Gasteiger partial charge in [-0.05, 0) is 56.3 Å². The summed E-state index contributed by atoms with van der Waals surface area (Å²) in [5, 5.41) is 3.68. The van der Waals surface area contributed by atoms with Gasteiger partial charge in [-0.25, -0.2) is 17.6 Å². The van der Waals surface area contributed by atoms with Gasteiger partial charge in [0.15, 0.2) is 6.04 Å². The molecule has 0 aromatic heterocycles. The van der Waals surface area contributed by atoms with Gasteiger partial charge in [0.1, 0.15) is 17.7 Å². The fourth-order valence-corrected chi connectivity index (χ4v) is 5.00. The predicted octanol–water partition coefficient (Wildman–Crippen LogP) is 4.74. The second-order valence-electron chi connectivity index (χ2n) is 9.07. The van der Waals surface area contributed by atoms with Gasteiger partial charge in [-0.15, -0.1) is 0 Å². The van der Waals surface area contributed by atoms with Gasteiger partial charge in [0.2, 0.25) is 11.5 Å². The molecule has 0 saturated carbocycles. The summed E-state index contributed by atoms with van der Waals surface area (Å²) < 4.78 is 131. The fourth-order valence-electron chi connectivity index (χ4n) is 3.52. The Kier molecular flexibility index (Phi) is 8.21. The highest BCUT2D eigenvalue weighted by molar-refractivity contribution is 7.92. The van der Waals surface area contributed by atoms with Crippen molar-refractivity contribution in [1.82, 2.24) is 5.32 Å². The average molecular weight is 601 g/mol. The van der Waals surface area contributed by atoms with Gasteiger partial charge in [-0.1, -0.05) is 0 Å². The molecule has 3 rings (SSSR count). The van der Waals surface area contributed by atoms with Crippen molar-refractivity contribution in [2.24, 2.45) is 0 Å². The van der Waals surface area contributed by atoms with Crippen molar-refractivity contribution in [2.45, 2.75) is 55.8 Å². The number of rotatable bonds is 6. The first kappa shape index (κ1) is 30.8. The highest BCUT2D eigenvalue weighted by atomic mass is 32.2. The van der Waals surface area contributed by atoms with Crippen LogP contribution < -0.4 is 19.7 Å². The summed E-state index contributed by atoms with van der Waals surface area (Å²) in [6.07, 6.45) is -13.6. The Morgan fingerprint density at radius 3 is 2.17 bits per heavy atom. The molecule has 220 valence electrons. The molecule has 1 aliphatic rings. The van der Waals surface area contributed by atoms with E-state index in [0.29, 0.717) is 18.2 Å². The van der Waals surface area contributed by atoms with Crippen LogP contribution in [0.2, 0.25) is 0 Å². The van der Waals surface area contributed by atoms with Crippen LogP contribution in [0.5, 0.6) is 5.75 Å². The summed E-state index contributed by atoms with van der Waals surface area (Å²) in [5.74, 6) is -2.31. The minimum atomic E-state index is -5.07. The summed E-state index contributed by atoms with van der Waals surface area (Å²) in [6.45, 7) is 0.999. The van der Waals surface area contributed by atoms with Crippen molar-refractivity contribution in [1.29, 1.82) is 0 Å². The van der Waals surface area contributed by atoms with Crippen molar-refractivity contribution in [3.05, 3.63) is 48.3 Å². The number of alkyl halides is 6. The van der Waals surface area contributed by atoms with E-state index in [2.05, 4.69) is 4.74 Å². The van der Waals surface area contributed by atoms with Crippen LogP contribution in [-0.4, -0.2) is 57.1 Å². The van der Waals surface area contributed by atoms with E-state index in [1.807, 2.05) is 5.32 Å². The molecule has 0 radical (unpaired) electrons. The second kappa shape index (κ2) is 10.7. The lowest BCUT2D eigenvalue weighted by molar-refractivity contribution is -0.242. The number of sulfonamides is 1. The van der Waals surface area contributed by atoms with Crippen LogP contribution >= 0.6 is 0 Å². The lowest BCUT2D eigenvalue weighted by Gasteiger charge is -2.39. The molecule has 2 aromatic carbocycles. The third-order valence-corrected chi connectivity index (χ3v) is 7.41. The third kappa shape index (κ3) is 6.68. The Bertz CT molecular complexity index is 1380. The smallest absolute Gasteiger partial charge is 0.427 e. The van der Waals surface area contributed by atoms with Gasteiger partial charge in [0, 0.05) is 12.6 Å². The zero-order valence-electron chi connectivity index (χ0n) is 20.9. The molecule has 0 bridgehead atoms. The number of benzene rings is 2. The zero-order chi connectivity index (χ0) is 30.3. The van der Waals surface area contributed by atoms with Crippen LogP contribution in [0.3, 0.4) is 0 Å². The summed E-state index contributed by atoms with van der Waals surface area (Å²) in [7, 11) is -4.71. The number of carbonyl (C=O) groups excluding carboxylic acids is 2. The molecule has 2 amide bonds. The van der Waals surface area contributed by atoms with Crippen molar-refractivity contribution >= 4 is 33.4 Å². The quantitative estimate of drug-likeness (QED) is 0.463. The normalized spacial score (nSPS) is 16.9. The SMILES string of the molecule is CC(=O)N[C@H]([C@@H]1CN(S(=O)(=O)c2ccc(F)cc2)c2cc(NC(=O)OC(C)(C)C(F)(F)F)ccc2O1)C(F)(F)F. The van der Waals surface area contributed by atoms with Crippen LogP contribution in [0, 0.1) is 5.82 Å². The molecule has 1 heterocycles. The first-order valence-electron chi connectivity index (χ1n) is 11.2. The van der Waals surface area contributed by atoms with E-state index in [-0.39, 0.29) is 5.69 Å². The average Bonchev–Trinajstić information content (AvgIpc) is 2.80. The van der Waals surface area contributed by atoms with E-state index < -0.39 is 80.8 Å². The van der Waals surface area contributed by atoms with Crippen LogP contribution in [-0.2, 0) is 19.6 Å². The van der Waals surface area contributed by atoms with Crippen molar-refractivity contribution in [2.75, 3.05) is 16.2 Å². The summed E-state index contributed by atoms with van der Waals surface area (Å²) in [6, 6.07) is 3.60. The van der Waals surface area contributed by atoms with Crippen LogP contribution in [0.25, 0.3) is 0 Å². The largest absolute Gasteiger partial charge is 0.484 e. The lowest BCUT2D eigenvalue weighted by atomic mass is 10.1. The maximum atomic E-state index is 13.8. The highest BCUT2D eigenvalue weighted by Gasteiger charge is 2.52. The summed E-state index contributed by atoms with van der Waals surface area (Å²) in [5.41, 5.74) is -3.59. The molecular formula is C23H22F7N3O6S. The maximum absolute atomic E-state index is 13.8. The van der Waals surface area contributed by atoms with Gasteiger partial charge in [-0.3, -0.25) is 14.4 Å². The van der Waals surface area contributed by atoms with E-state index >= 15 is 0 Å². The Morgan fingerprint density at radius 2 is 1.65 bits per heavy atom. The van der Waals surface area contributed by atoms with Gasteiger partial charge in [0.05, 0.1) is 17.1 Å². The van der Waals surface area contributed by atoms with E-state index in [9.17, 15) is 48.7 Å². The van der Waals surface area contributed by atoms with E-state index in [1.165, 1.54) is 0 Å². The molecule has 40 heavy (non-hydrogen) atoms. The number of nitrogens with one attached hydrogen (secondary N) is 2. The number of anilines is 2. The third-order valence-electron chi connectivity index (χ3n) is 5.61. The minimum Gasteiger partial charge on any atom is -0.484 e. The molecule has 9 nitrogen and oxygen atoms in total. The van der Waals surface area contributed by atoms with Crippen molar-refractivity contribution < 1.29 is 58.2 Å². The number of amides is 2. The van der Waals surface area contributed by atoms with Gasteiger partial charge in [-0.2, -0.15) is 26.3 Å². The predicted molar refractivity (Wildman–Crippen MR) is 126 cm³/mol. The monoisotopic (exact) mass is 601 g/mol. The molecule has 0 fully saturated rings. The van der Waals surface area contributed by atoms with Crippen molar-refractivity contribution in [3.8, 4) is 5.75 Å². The molecule has 17 heteroatoms. The molecule has 0 spiro atoms. The molecule has 2 atom stereocenters. The molecule has 2 N–H and O–H groups in total. The van der Waals surface area contributed by atoms with Gasteiger partial charge < -0.3 is 14.8 Å². The first-order chi connectivity index (χ1) is 18.2. The number of hydrogen-bond donors (Lipinski definition) is 2. The van der Waals surface area contributed by atoms with Crippen molar-refractivity contribution in [3.63, 3.8) is 0 Å². The van der Waals surface area contributed by atoms with Crippen LogP contribution in [0.15, 0.2) is 47.4 Å². The topological polar surface area (TPSA) is 114 Å². The molecular weight excluding hydrogens is 579 g/mol. The number of fused-ring (bicyclic) bond motifs is 1. The summed E-state index contributed by atoms with van der Waals surface area (Å²) >= 11 is 0.